The molecule has 4 fully saturated rings. The zero-order valence-corrected chi connectivity index (χ0v) is 19.0. The van der Waals surface area contributed by atoms with Crippen molar-refractivity contribution in [2.45, 2.75) is 64.8 Å². The highest BCUT2D eigenvalue weighted by atomic mass is 16.2. The molecule has 6 heteroatoms. The Morgan fingerprint density at radius 2 is 1.69 bits per heavy atom. The highest BCUT2D eigenvalue weighted by Gasteiger charge is 2.51. The summed E-state index contributed by atoms with van der Waals surface area (Å²) in [6, 6.07) is 6.46. The maximum Gasteiger partial charge on any atom is 0.259 e. The number of nitrogens with two attached hydrogens (primary N) is 1. The van der Waals surface area contributed by atoms with Crippen molar-refractivity contribution in [1.29, 1.82) is 0 Å². The van der Waals surface area contributed by atoms with Crippen LogP contribution in [0.4, 0.5) is 5.69 Å². The van der Waals surface area contributed by atoms with E-state index in [9.17, 15) is 14.4 Å². The number of hydrogen-bond donors (Lipinski definition) is 2. The fraction of sp³-hybridized carbons (Fsp3) is 0.577. The average molecular weight is 436 g/mol. The highest BCUT2D eigenvalue weighted by Crippen LogP contribution is 2.61. The Kier molecular flexibility index (Phi) is 5.14. The Bertz CT molecular complexity index is 1100. The van der Waals surface area contributed by atoms with E-state index in [0.717, 1.165) is 17.8 Å². The van der Waals surface area contributed by atoms with Gasteiger partial charge in [-0.05, 0) is 85.8 Å². The molecule has 0 spiro atoms. The van der Waals surface area contributed by atoms with Crippen LogP contribution in [0.1, 0.15) is 64.8 Å². The zero-order chi connectivity index (χ0) is 22.6. The number of carbonyl (C=O) groups is 2. The number of nitrogens with one attached hydrogen (secondary N) is 1. The number of rotatable bonds is 6. The van der Waals surface area contributed by atoms with E-state index in [1.807, 2.05) is 19.9 Å². The molecular weight excluding hydrogens is 402 g/mol. The number of pyridine rings is 1. The maximum atomic E-state index is 13.2. The number of aromatic nitrogens is 1. The fourth-order valence-corrected chi connectivity index (χ4v) is 7.45. The number of benzene rings is 1. The van der Waals surface area contributed by atoms with E-state index in [0.29, 0.717) is 22.9 Å². The minimum atomic E-state index is -0.707. The summed E-state index contributed by atoms with van der Waals surface area (Å²) in [5.74, 6) is 1.84. The molecule has 32 heavy (non-hydrogen) atoms. The van der Waals surface area contributed by atoms with E-state index in [4.69, 9.17) is 5.73 Å². The van der Waals surface area contributed by atoms with Crippen molar-refractivity contribution in [3.05, 3.63) is 40.8 Å². The number of carbonyl (C=O) groups excluding carboxylic acids is 2. The van der Waals surface area contributed by atoms with Crippen LogP contribution in [0.3, 0.4) is 0 Å². The van der Waals surface area contributed by atoms with Gasteiger partial charge < -0.3 is 15.6 Å². The van der Waals surface area contributed by atoms with Crippen LogP contribution in [0.2, 0.25) is 0 Å². The van der Waals surface area contributed by atoms with Gasteiger partial charge in [0.2, 0.25) is 11.8 Å². The van der Waals surface area contributed by atoms with Gasteiger partial charge in [0.15, 0.2) is 0 Å². The first-order valence-corrected chi connectivity index (χ1v) is 12.0. The number of anilines is 1. The Labute approximate surface area is 188 Å². The van der Waals surface area contributed by atoms with E-state index in [1.165, 1.54) is 43.1 Å². The number of fused-ring (bicyclic) bond motifs is 1. The van der Waals surface area contributed by atoms with Crippen molar-refractivity contribution in [2.24, 2.45) is 34.8 Å². The van der Waals surface area contributed by atoms with Gasteiger partial charge >= 0.3 is 0 Å². The van der Waals surface area contributed by atoms with E-state index < -0.39 is 11.9 Å². The predicted octanol–water partition coefficient (Wildman–Crippen LogP) is 4.23. The average Bonchev–Trinajstić information content (AvgIpc) is 2.68. The van der Waals surface area contributed by atoms with E-state index in [1.54, 1.807) is 24.4 Å². The summed E-state index contributed by atoms with van der Waals surface area (Å²) in [6.45, 7) is 3.74. The molecule has 6 nitrogen and oxygen atoms in total. The molecule has 1 atom stereocenters. The molecule has 1 aromatic heterocycles. The van der Waals surface area contributed by atoms with Crippen LogP contribution in [-0.2, 0) is 9.59 Å². The lowest BCUT2D eigenvalue weighted by Gasteiger charge is -2.56. The minimum absolute atomic E-state index is 0.0424. The summed E-state index contributed by atoms with van der Waals surface area (Å²) in [7, 11) is 0. The third-order valence-corrected chi connectivity index (χ3v) is 8.17. The Balaban J connectivity index is 1.40. The van der Waals surface area contributed by atoms with Crippen molar-refractivity contribution in [3.8, 4) is 0 Å². The largest absolute Gasteiger partial charge is 0.368 e. The topological polar surface area (TPSA) is 94.2 Å². The van der Waals surface area contributed by atoms with Gasteiger partial charge in [0.1, 0.15) is 6.04 Å². The molecule has 0 aliphatic heterocycles. The van der Waals surface area contributed by atoms with Crippen LogP contribution in [0.15, 0.2) is 35.3 Å². The summed E-state index contributed by atoms with van der Waals surface area (Å²) < 4.78 is 1.41. The molecule has 1 aromatic carbocycles. The zero-order valence-electron chi connectivity index (χ0n) is 19.0. The fourth-order valence-electron chi connectivity index (χ4n) is 7.45. The second kappa shape index (κ2) is 7.75. The maximum absolute atomic E-state index is 13.2. The van der Waals surface area contributed by atoms with Gasteiger partial charge in [0, 0.05) is 29.1 Å². The second-order valence-corrected chi connectivity index (χ2v) is 11.0. The van der Waals surface area contributed by atoms with E-state index in [-0.39, 0.29) is 22.8 Å². The third kappa shape index (κ3) is 3.63. The summed E-state index contributed by atoms with van der Waals surface area (Å²) in [6.07, 6.45) is 9.84. The second-order valence-electron chi connectivity index (χ2n) is 11.0. The van der Waals surface area contributed by atoms with Crippen molar-refractivity contribution in [3.63, 3.8) is 0 Å². The van der Waals surface area contributed by atoms with Gasteiger partial charge in [0.25, 0.3) is 5.56 Å². The van der Waals surface area contributed by atoms with Crippen molar-refractivity contribution in [2.75, 3.05) is 5.32 Å². The SMILES string of the molecule is CC(C)[C@H](C(N)=O)n1ccc2c(NC(=O)CC34CC5CC(CC(C5)C3)C4)cccc2c1=O. The van der Waals surface area contributed by atoms with E-state index >= 15 is 0 Å². The van der Waals surface area contributed by atoms with Gasteiger partial charge in [-0.3, -0.25) is 14.4 Å². The van der Waals surface area contributed by atoms with Crippen LogP contribution in [0, 0.1) is 29.1 Å². The quantitative estimate of drug-likeness (QED) is 0.711. The molecule has 0 radical (unpaired) electrons. The third-order valence-electron chi connectivity index (χ3n) is 8.17. The summed E-state index contributed by atoms with van der Waals surface area (Å²) in [5, 5.41) is 4.28. The Morgan fingerprint density at radius 1 is 1.06 bits per heavy atom. The van der Waals surface area contributed by atoms with Crippen molar-refractivity contribution in [1.82, 2.24) is 4.57 Å². The monoisotopic (exact) mass is 435 g/mol. The minimum Gasteiger partial charge on any atom is -0.368 e. The first kappa shape index (κ1) is 21.2. The summed E-state index contributed by atoms with van der Waals surface area (Å²) >= 11 is 0. The molecule has 4 saturated carbocycles. The Hall–Kier alpha value is -2.63. The highest BCUT2D eigenvalue weighted by molar-refractivity contribution is 6.02. The lowest BCUT2D eigenvalue weighted by molar-refractivity contribution is -0.124. The van der Waals surface area contributed by atoms with Crippen LogP contribution >= 0.6 is 0 Å². The van der Waals surface area contributed by atoms with E-state index in [2.05, 4.69) is 5.32 Å². The van der Waals surface area contributed by atoms with Gasteiger partial charge in [-0.2, -0.15) is 0 Å². The molecule has 1 heterocycles. The molecule has 0 saturated heterocycles. The van der Waals surface area contributed by atoms with Gasteiger partial charge in [-0.1, -0.05) is 19.9 Å². The Morgan fingerprint density at radius 3 is 2.25 bits per heavy atom. The van der Waals surface area contributed by atoms with Crippen LogP contribution in [-0.4, -0.2) is 16.4 Å². The van der Waals surface area contributed by atoms with Crippen molar-refractivity contribution < 1.29 is 9.59 Å². The van der Waals surface area contributed by atoms with Gasteiger partial charge in [-0.25, -0.2) is 0 Å². The van der Waals surface area contributed by atoms with Gasteiger partial charge in [0.05, 0.1) is 0 Å². The standard InChI is InChI=1S/C26H33N3O3/c1-15(2)23(24(27)31)29-7-6-19-20(25(29)32)4-3-5-21(19)28-22(30)14-26-11-16-8-17(12-26)10-18(9-16)13-26/h3-7,15-18,23H,8-14H2,1-2H3,(H2,27,31)(H,28,30)/t16?,17?,18?,23-,26?/m1/s1. The van der Waals surface area contributed by atoms with Crippen LogP contribution in [0.25, 0.3) is 10.8 Å². The summed E-state index contributed by atoms with van der Waals surface area (Å²) in [5.41, 5.74) is 6.12. The van der Waals surface area contributed by atoms with Crippen LogP contribution < -0.4 is 16.6 Å². The molecule has 4 aliphatic carbocycles. The number of primary amides is 1. The normalized spacial score (nSPS) is 29.4. The molecule has 2 amide bonds. The van der Waals surface area contributed by atoms with Crippen molar-refractivity contribution >= 4 is 28.3 Å². The molecule has 170 valence electrons. The number of nitrogens with zero attached hydrogens (tertiary/aromatic N) is 1. The van der Waals surface area contributed by atoms with Gasteiger partial charge in [-0.15, -0.1) is 0 Å². The summed E-state index contributed by atoms with van der Waals surface area (Å²) in [4.78, 5) is 38.2. The first-order chi connectivity index (χ1) is 15.2. The molecule has 2 aromatic rings. The molecule has 4 aliphatic rings. The number of hydrogen-bond acceptors (Lipinski definition) is 3. The smallest absolute Gasteiger partial charge is 0.259 e. The first-order valence-electron chi connectivity index (χ1n) is 12.0. The lowest BCUT2D eigenvalue weighted by Crippen LogP contribution is -2.47. The molecular formula is C26H33N3O3. The van der Waals surface area contributed by atoms with Crippen LogP contribution in [0.5, 0.6) is 0 Å². The molecule has 4 bridgehead atoms. The molecule has 0 unspecified atom stereocenters. The molecule has 6 rings (SSSR count). The predicted molar refractivity (Wildman–Crippen MR) is 125 cm³/mol. The lowest BCUT2D eigenvalue weighted by atomic mass is 9.49. The number of amides is 2. The molecule has 3 N–H and O–H groups in total.